The molecule has 1 saturated heterocycles. The Kier molecular flexibility index (Phi) is 3.24. The van der Waals surface area contributed by atoms with Crippen LogP contribution in [-0.2, 0) is 0 Å². The molecule has 4 nitrogen and oxygen atoms in total. The van der Waals surface area contributed by atoms with Crippen molar-refractivity contribution in [3.05, 3.63) is 22.4 Å². The van der Waals surface area contributed by atoms with Crippen LogP contribution in [0.5, 0.6) is 0 Å². The van der Waals surface area contributed by atoms with Gasteiger partial charge in [-0.15, -0.1) is 11.3 Å². The number of likely N-dealkylation sites (tertiary alicyclic amines) is 1. The highest BCUT2D eigenvalue weighted by Gasteiger charge is 2.27. The Morgan fingerprint density at radius 1 is 1.38 bits per heavy atom. The Morgan fingerprint density at radius 3 is 2.56 bits per heavy atom. The highest BCUT2D eigenvalue weighted by Crippen LogP contribution is 2.23. The van der Waals surface area contributed by atoms with Crippen LogP contribution in [0.4, 0.5) is 4.79 Å². The van der Waals surface area contributed by atoms with Crippen molar-refractivity contribution in [2.45, 2.75) is 12.8 Å². The van der Waals surface area contributed by atoms with Crippen LogP contribution in [0.25, 0.3) is 0 Å². The molecule has 1 N–H and O–H groups in total. The van der Waals surface area contributed by atoms with E-state index in [4.69, 9.17) is 5.11 Å². The van der Waals surface area contributed by atoms with Crippen molar-refractivity contribution in [3.63, 3.8) is 0 Å². The van der Waals surface area contributed by atoms with Crippen LogP contribution in [0, 0.1) is 5.92 Å². The number of rotatable bonds is 2. The van der Waals surface area contributed by atoms with Gasteiger partial charge in [-0.1, -0.05) is 6.07 Å². The maximum atomic E-state index is 12.0. The number of Topliss-reactive ketones (excluding diaryl/α,β-unsaturated/α-hetero) is 1. The van der Waals surface area contributed by atoms with Gasteiger partial charge < -0.3 is 10.0 Å². The summed E-state index contributed by atoms with van der Waals surface area (Å²) >= 11 is 1.45. The summed E-state index contributed by atoms with van der Waals surface area (Å²) in [6, 6.07) is 3.70. The average Bonchev–Trinajstić information content (AvgIpc) is 2.81. The van der Waals surface area contributed by atoms with E-state index in [2.05, 4.69) is 0 Å². The van der Waals surface area contributed by atoms with E-state index < -0.39 is 6.09 Å². The molecule has 0 bridgehead atoms. The standard InChI is InChI=1S/C11H13NO3S/c13-10(9-2-1-7-16-9)8-3-5-12(6-4-8)11(14)15/h1-2,7-8H,3-6H2,(H,14,15). The summed E-state index contributed by atoms with van der Waals surface area (Å²) in [6.07, 6.45) is 0.397. The zero-order valence-electron chi connectivity index (χ0n) is 8.76. The zero-order chi connectivity index (χ0) is 11.5. The minimum absolute atomic E-state index is 0.00532. The predicted molar refractivity (Wildman–Crippen MR) is 61.0 cm³/mol. The molecule has 0 radical (unpaired) electrons. The summed E-state index contributed by atoms with van der Waals surface area (Å²) in [5.41, 5.74) is 0. The third kappa shape index (κ3) is 2.24. The molecule has 1 fully saturated rings. The van der Waals surface area contributed by atoms with E-state index >= 15 is 0 Å². The van der Waals surface area contributed by atoms with Crippen molar-refractivity contribution in [2.24, 2.45) is 5.92 Å². The quantitative estimate of drug-likeness (QED) is 0.806. The number of carboxylic acid groups (broad SMARTS) is 1. The molecule has 0 saturated carbocycles. The topological polar surface area (TPSA) is 57.6 Å². The lowest BCUT2D eigenvalue weighted by molar-refractivity contribution is 0.0825. The Balaban J connectivity index is 1.94. The maximum absolute atomic E-state index is 12.0. The molecule has 0 aliphatic carbocycles. The second-order valence-corrected chi connectivity index (χ2v) is 4.83. The van der Waals surface area contributed by atoms with Crippen LogP contribution in [0.15, 0.2) is 17.5 Å². The Bertz CT molecular complexity index is 380. The fourth-order valence-electron chi connectivity index (χ4n) is 1.95. The molecule has 1 amide bonds. The fourth-order valence-corrected chi connectivity index (χ4v) is 2.70. The lowest BCUT2D eigenvalue weighted by atomic mass is 9.92. The molecular weight excluding hydrogens is 226 g/mol. The lowest BCUT2D eigenvalue weighted by Gasteiger charge is -2.28. The lowest BCUT2D eigenvalue weighted by Crippen LogP contribution is -2.39. The largest absolute Gasteiger partial charge is 0.465 e. The summed E-state index contributed by atoms with van der Waals surface area (Å²) in [5, 5.41) is 10.7. The maximum Gasteiger partial charge on any atom is 0.407 e. The van der Waals surface area contributed by atoms with Gasteiger partial charge in [0.15, 0.2) is 5.78 Å². The molecule has 0 atom stereocenters. The van der Waals surface area contributed by atoms with Gasteiger partial charge in [-0.2, -0.15) is 0 Å². The van der Waals surface area contributed by atoms with Gasteiger partial charge in [0.2, 0.25) is 0 Å². The summed E-state index contributed by atoms with van der Waals surface area (Å²) in [4.78, 5) is 24.8. The number of carbonyl (C=O) groups excluding carboxylic acids is 1. The van der Waals surface area contributed by atoms with Crippen LogP contribution in [0.1, 0.15) is 22.5 Å². The smallest absolute Gasteiger partial charge is 0.407 e. The number of thiophene rings is 1. The minimum Gasteiger partial charge on any atom is -0.465 e. The first-order valence-corrected chi connectivity index (χ1v) is 6.12. The molecule has 0 aromatic carbocycles. The molecule has 0 spiro atoms. The molecule has 1 aromatic heterocycles. The summed E-state index contributed by atoms with van der Waals surface area (Å²) in [5.74, 6) is 0.161. The van der Waals surface area contributed by atoms with Crippen molar-refractivity contribution < 1.29 is 14.7 Å². The number of hydrogen-bond acceptors (Lipinski definition) is 3. The second-order valence-electron chi connectivity index (χ2n) is 3.89. The first-order valence-electron chi connectivity index (χ1n) is 5.24. The Labute approximate surface area is 97.5 Å². The monoisotopic (exact) mass is 239 g/mol. The van der Waals surface area contributed by atoms with E-state index in [0.29, 0.717) is 25.9 Å². The van der Waals surface area contributed by atoms with Crippen LogP contribution in [0.2, 0.25) is 0 Å². The average molecular weight is 239 g/mol. The Morgan fingerprint density at radius 2 is 2.06 bits per heavy atom. The van der Waals surface area contributed by atoms with E-state index in [1.165, 1.54) is 16.2 Å². The normalized spacial score (nSPS) is 17.4. The molecule has 86 valence electrons. The second kappa shape index (κ2) is 4.65. The number of nitrogens with zero attached hydrogens (tertiary/aromatic N) is 1. The third-order valence-electron chi connectivity index (χ3n) is 2.90. The van der Waals surface area contributed by atoms with Gasteiger partial charge in [0.05, 0.1) is 4.88 Å². The molecular formula is C11H13NO3S. The first-order chi connectivity index (χ1) is 7.68. The molecule has 2 heterocycles. The summed E-state index contributed by atoms with van der Waals surface area (Å²) in [6.45, 7) is 0.939. The van der Waals surface area contributed by atoms with Crippen LogP contribution in [0.3, 0.4) is 0 Å². The number of ketones is 1. The van der Waals surface area contributed by atoms with Crippen molar-refractivity contribution >= 4 is 23.2 Å². The summed E-state index contributed by atoms with van der Waals surface area (Å²) in [7, 11) is 0. The van der Waals surface area contributed by atoms with Crippen LogP contribution in [-0.4, -0.2) is 35.0 Å². The van der Waals surface area contributed by atoms with Gasteiger partial charge >= 0.3 is 6.09 Å². The van der Waals surface area contributed by atoms with Crippen molar-refractivity contribution in [1.82, 2.24) is 4.90 Å². The van der Waals surface area contributed by atoms with Gasteiger partial charge in [0, 0.05) is 19.0 Å². The van der Waals surface area contributed by atoms with E-state index in [1.54, 1.807) is 0 Å². The van der Waals surface area contributed by atoms with Crippen LogP contribution >= 0.6 is 11.3 Å². The molecule has 2 rings (SSSR count). The molecule has 1 aliphatic rings. The predicted octanol–water partition coefficient (Wildman–Crippen LogP) is 2.32. The number of amides is 1. The minimum atomic E-state index is -0.887. The molecule has 0 unspecified atom stereocenters. The van der Waals surface area contributed by atoms with E-state index in [0.717, 1.165) is 4.88 Å². The Hall–Kier alpha value is -1.36. The van der Waals surface area contributed by atoms with Crippen molar-refractivity contribution in [3.8, 4) is 0 Å². The van der Waals surface area contributed by atoms with Crippen molar-refractivity contribution in [2.75, 3.05) is 13.1 Å². The number of hydrogen-bond donors (Lipinski definition) is 1. The van der Waals surface area contributed by atoms with Crippen molar-refractivity contribution in [1.29, 1.82) is 0 Å². The van der Waals surface area contributed by atoms with Crippen LogP contribution < -0.4 is 0 Å². The van der Waals surface area contributed by atoms with Gasteiger partial charge in [-0.3, -0.25) is 4.79 Å². The van der Waals surface area contributed by atoms with Gasteiger partial charge in [-0.25, -0.2) is 4.79 Å². The van der Waals surface area contributed by atoms with Gasteiger partial charge in [0.25, 0.3) is 0 Å². The third-order valence-corrected chi connectivity index (χ3v) is 3.78. The van der Waals surface area contributed by atoms with E-state index in [1.807, 2.05) is 17.5 Å². The zero-order valence-corrected chi connectivity index (χ0v) is 9.57. The molecule has 1 aliphatic heterocycles. The highest BCUT2D eigenvalue weighted by atomic mass is 32.1. The molecule has 1 aromatic rings. The summed E-state index contributed by atoms with van der Waals surface area (Å²) < 4.78 is 0. The first kappa shape index (κ1) is 11.1. The molecule has 16 heavy (non-hydrogen) atoms. The highest BCUT2D eigenvalue weighted by molar-refractivity contribution is 7.12. The number of carbonyl (C=O) groups is 2. The fraction of sp³-hybridized carbons (Fsp3) is 0.455. The van der Waals surface area contributed by atoms with Gasteiger partial charge in [0.1, 0.15) is 0 Å². The SMILES string of the molecule is O=C(c1cccs1)C1CCN(C(=O)O)CC1. The van der Waals surface area contributed by atoms with E-state index in [-0.39, 0.29) is 11.7 Å². The van der Waals surface area contributed by atoms with E-state index in [9.17, 15) is 9.59 Å². The molecule has 5 heteroatoms. The van der Waals surface area contributed by atoms with Gasteiger partial charge in [-0.05, 0) is 24.3 Å². The number of piperidine rings is 1.